The quantitative estimate of drug-likeness (QED) is 0.625. The molecule has 0 fully saturated rings. The van der Waals surface area contributed by atoms with Crippen LogP contribution in [0.5, 0.6) is 0 Å². The number of hydrogen-bond acceptors (Lipinski definition) is 4. The molecule has 6 nitrogen and oxygen atoms in total. The summed E-state index contributed by atoms with van der Waals surface area (Å²) in [7, 11) is 0. The molecule has 0 saturated heterocycles. The summed E-state index contributed by atoms with van der Waals surface area (Å²) in [5.41, 5.74) is -0.506. The summed E-state index contributed by atoms with van der Waals surface area (Å²) < 4.78 is 0. The van der Waals surface area contributed by atoms with E-state index in [4.69, 9.17) is 5.11 Å². The fraction of sp³-hybridized carbons (Fsp3) is 0.417. The van der Waals surface area contributed by atoms with Gasteiger partial charge in [0.05, 0.1) is 17.1 Å². The van der Waals surface area contributed by atoms with E-state index in [9.17, 15) is 14.9 Å². The minimum atomic E-state index is -0.826. The first-order valence-electron chi connectivity index (χ1n) is 5.46. The Balaban J connectivity index is 3.17. The van der Waals surface area contributed by atoms with Crippen molar-refractivity contribution < 1.29 is 14.8 Å². The van der Waals surface area contributed by atoms with Crippen molar-refractivity contribution in [3.05, 3.63) is 39.4 Å². The van der Waals surface area contributed by atoms with Crippen LogP contribution in [0.2, 0.25) is 0 Å². The zero-order valence-electron chi connectivity index (χ0n) is 10.6. The van der Waals surface area contributed by atoms with Gasteiger partial charge in [0.25, 0.3) is 11.6 Å². The van der Waals surface area contributed by atoms with E-state index < -0.39 is 16.4 Å². The van der Waals surface area contributed by atoms with Crippen LogP contribution in [-0.4, -0.2) is 28.1 Å². The highest BCUT2D eigenvalue weighted by Gasteiger charge is 2.26. The molecule has 0 aliphatic heterocycles. The first kappa shape index (κ1) is 14.1. The third kappa shape index (κ3) is 3.04. The summed E-state index contributed by atoms with van der Waals surface area (Å²) in [5, 5.41) is 22.5. The van der Waals surface area contributed by atoms with Crippen molar-refractivity contribution in [1.82, 2.24) is 5.32 Å². The Hall–Kier alpha value is -1.95. The second kappa shape index (κ2) is 5.14. The maximum Gasteiger partial charge on any atom is 0.282 e. The van der Waals surface area contributed by atoms with Gasteiger partial charge in [-0.1, -0.05) is 12.1 Å². The molecule has 98 valence electrons. The lowest BCUT2D eigenvalue weighted by Gasteiger charge is -2.23. The molecular weight excluding hydrogens is 236 g/mol. The van der Waals surface area contributed by atoms with Crippen molar-refractivity contribution in [2.24, 2.45) is 0 Å². The molecule has 1 aromatic rings. The fourth-order valence-electron chi connectivity index (χ4n) is 1.51. The lowest BCUT2D eigenvalue weighted by molar-refractivity contribution is -0.385. The molecule has 0 atom stereocenters. The van der Waals surface area contributed by atoms with Crippen molar-refractivity contribution in [2.75, 3.05) is 6.61 Å². The molecule has 18 heavy (non-hydrogen) atoms. The van der Waals surface area contributed by atoms with Crippen molar-refractivity contribution in [1.29, 1.82) is 0 Å². The Kier molecular flexibility index (Phi) is 4.03. The predicted octanol–water partition coefficient (Wildman–Crippen LogP) is 1.40. The second-order valence-electron chi connectivity index (χ2n) is 4.72. The van der Waals surface area contributed by atoms with Crippen LogP contribution in [0.3, 0.4) is 0 Å². The first-order valence-corrected chi connectivity index (χ1v) is 5.46. The molecule has 6 heteroatoms. The highest BCUT2D eigenvalue weighted by molar-refractivity contribution is 5.99. The Bertz CT molecular complexity index is 483. The van der Waals surface area contributed by atoms with E-state index >= 15 is 0 Å². The van der Waals surface area contributed by atoms with E-state index in [1.807, 2.05) is 0 Å². The van der Waals surface area contributed by atoms with Gasteiger partial charge < -0.3 is 10.4 Å². The van der Waals surface area contributed by atoms with E-state index in [0.29, 0.717) is 5.56 Å². The molecule has 1 amide bonds. The molecule has 0 aromatic heterocycles. The van der Waals surface area contributed by atoms with Gasteiger partial charge in [0.1, 0.15) is 5.56 Å². The summed E-state index contributed by atoms with van der Waals surface area (Å²) in [6.45, 7) is 4.65. The normalized spacial score (nSPS) is 11.1. The number of nitro benzene ring substituents is 1. The maximum absolute atomic E-state index is 12.0. The molecule has 0 bridgehead atoms. The molecule has 0 unspecified atom stereocenters. The number of rotatable bonds is 4. The lowest BCUT2D eigenvalue weighted by atomic mass is 10.0. The number of nitrogens with zero attached hydrogens (tertiary/aromatic N) is 1. The van der Waals surface area contributed by atoms with Gasteiger partial charge in [-0.2, -0.15) is 0 Å². The number of amides is 1. The summed E-state index contributed by atoms with van der Waals surface area (Å²) in [6, 6.07) is 4.45. The van der Waals surface area contributed by atoms with Gasteiger partial charge in [0, 0.05) is 6.07 Å². The zero-order valence-corrected chi connectivity index (χ0v) is 10.6. The largest absolute Gasteiger partial charge is 0.394 e. The molecule has 0 spiro atoms. The van der Waals surface area contributed by atoms with Crippen LogP contribution >= 0.6 is 0 Å². The number of benzene rings is 1. The third-order valence-electron chi connectivity index (χ3n) is 2.52. The Morgan fingerprint density at radius 2 is 2.11 bits per heavy atom. The summed E-state index contributed by atoms with van der Waals surface area (Å²) in [6.07, 6.45) is 0. The third-order valence-corrected chi connectivity index (χ3v) is 2.52. The molecule has 2 N–H and O–H groups in total. The van der Waals surface area contributed by atoms with Crippen LogP contribution in [0.1, 0.15) is 29.8 Å². The van der Waals surface area contributed by atoms with E-state index in [1.54, 1.807) is 26.8 Å². The Morgan fingerprint density at radius 1 is 1.50 bits per heavy atom. The monoisotopic (exact) mass is 252 g/mol. The molecule has 0 aliphatic rings. The van der Waals surface area contributed by atoms with Crippen LogP contribution in [0.25, 0.3) is 0 Å². The number of carbonyl (C=O) groups excluding carboxylic acids is 1. The average Bonchev–Trinajstić information content (AvgIpc) is 2.27. The minimum Gasteiger partial charge on any atom is -0.394 e. The predicted molar refractivity (Wildman–Crippen MR) is 66.5 cm³/mol. The molecule has 0 saturated carbocycles. The Morgan fingerprint density at radius 3 is 2.61 bits per heavy atom. The van der Waals surface area contributed by atoms with E-state index in [2.05, 4.69) is 5.32 Å². The lowest BCUT2D eigenvalue weighted by Crippen LogP contribution is -2.46. The second-order valence-corrected chi connectivity index (χ2v) is 4.72. The summed E-state index contributed by atoms with van der Waals surface area (Å²) in [4.78, 5) is 22.3. The van der Waals surface area contributed by atoms with E-state index in [1.165, 1.54) is 12.1 Å². The van der Waals surface area contributed by atoms with Crippen LogP contribution in [-0.2, 0) is 0 Å². The Labute approximate surface area is 105 Å². The van der Waals surface area contributed by atoms with Crippen molar-refractivity contribution in [3.8, 4) is 0 Å². The SMILES string of the molecule is Cc1cccc([N+](=O)[O-])c1C(=O)NC(C)(C)CO. The number of aryl methyl sites for hydroxylation is 1. The standard InChI is InChI=1S/C12H16N2O4/c1-8-5-4-6-9(14(17)18)10(8)11(16)13-12(2,3)7-15/h4-6,15H,7H2,1-3H3,(H,13,16). The minimum absolute atomic E-state index is 0.0315. The number of nitrogens with one attached hydrogen (secondary N) is 1. The first-order chi connectivity index (χ1) is 8.28. The fourth-order valence-corrected chi connectivity index (χ4v) is 1.51. The molecule has 0 heterocycles. The van der Waals surface area contributed by atoms with Gasteiger partial charge in [-0.3, -0.25) is 14.9 Å². The molecular formula is C12H16N2O4. The average molecular weight is 252 g/mol. The number of carbonyl (C=O) groups is 1. The molecule has 1 rings (SSSR count). The zero-order chi connectivity index (χ0) is 13.9. The smallest absolute Gasteiger partial charge is 0.282 e. The topological polar surface area (TPSA) is 92.5 Å². The number of aliphatic hydroxyl groups is 1. The van der Waals surface area contributed by atoms with Crippen molar-refractivity contribution in [3.63, 3.8) is 0 Å². The van der Waals surface area contributed by atoms with E-state index in [-0.39, 0.29) is 17.9 Å². The van der Waals surface area contributed by atoms with Crippen LogP contribution in [0.15, 0.2) is 18.2 Å². The highest BCUT2D eigenvalue weighted by atomic mass is 16.6. The van der Waals surface area contributed by atoms with Gasteiger partial charge in [-0.05, 0) is 26.3 Å². The van der Waals surface area contributed by atoms with Crippen molar-refractivity contribution >= 4 is 11.6 Å². The number of aliphatic hydroxyl groups excluding tert-OH is 1. The molecule has 0 aliphatic carbocycles. The molecule has 1 aromatic carbocycles. The van der Waals surface area contributed by atoms with Gasteiger partial charge in [0.2, 0.25) is 0 Å². The summed E-state index contributed by atoms with van der Waals surface area (Å²) in [5.74, 6) is -0.557. The highest BCUT2D eigenvalue weighted by Crippen LogP contribution is 2.22. The number of hydrogen-bond donors (Lipinski definition) is 2. The van der Waals surface area contributed by atoms with Crippen LogP contribution in [0.4, 0.5) is 5.69 Å². The van der Waals surface area contributed by atoms with Crippen LogP contribution < -0.4 is 5.32 Å². The van der Waals surface area contributed by atoms with Gasteiger partial charge in [-0.15, -0.1) is 0 Å². The molecule has 0 radical (unpaired) electrons. The van der Waals surface area contributed by atoms with Gasteiger partial charge in [-0.25, -0.2) is 0 Å². The van der Waals surface area contributed by atoms with Gasteiger partial charge >= 0.3 is 0 Å². The maximum atomic E-state index is 12.0. The van der Waals surface area contributed by atoms with E-state index in [0.717, 1.165) is 0 Å². The summed E-state index contributed by atoms with van der Waals surface area (Å²) >= 11 is 0. The van der Waals surface area contributed by atoms with Crippen molar-refractivity contribution in [2.45, 2.75) is 26.3 Å². The van der Waals surface area contributed by atoms with Gasteiger partial charge in [0.15, 0.2) is 0 Å². The number of nitro groups is 1. The van der Waals surface area contributed by atoms with Crippen LogP contribution in [0, 0.1) is 17.0 Å².